The van der Waals surface area contributed by atoms with Crippen molar-refractivity contribution in [2.45, 2.75) is 32.1 Å². The molecule has 0 spiro atoms. The highest BCUT2D eigenvalue weighted by molar-refractivity contribution is 5.92. The molecule has 0 atom stereocenters. The van der Waals surface area contributed by atoms with Crippen molar-refractivity contribution in [3.8, 4) is 11.3 Å². The molecule has 3 heteroatoms. The fourth-order valence-electron chi connectivity index (χ4n) is 3.68. The van der Waals surface area contributed by atoms with E-state index in [9.17, 15) is 4.79 Å². The maximum Gasteiger partial charge on any atom is 0.224 e. The average Bonchev–Trinajstić information content (AvgIpc) is 3.24. The summed E-state index contributed by atoms with van der Waals surface area (Å²) in [6.07, 6.45) is 5.59. The molecule has 0 saturated heterocycles. The number of benzene rings is 2. The van der Waals surface area contributed by atoms with Crippen LogP contribution in [-0.2, 0) is 4.79 Å². The Morgan fingerprint density at radius 3 is 2.71 bits per heavy atom. The summed E-state index contributed by atoms with van der Waals surface area (Å²) >= 11 is 0. The second-order valence-corrected chi connectivity index (χ2v) is 6.75. The lowest BCUT2D eigenvalue weighted by molar-refractivity contribution is -0.117. The van der Waals surface area contributed by atoms with Crippen LogP contribution in [0.2, 0.25) is 0 Å². The van der Waals surface area contributed by atoms with E-state index < -0.39 is 0 Å². The molecule has 1 aliphatic carbocycles. The Kier molecular flexibility index (Phi) is 4.08. The van der Waals surface area contributed by atoms with Gasteiger partial charge in [-0.15, -0.1) is 0 Å². The van der Waals surface area contributed by atoms with Crippen LogP contribution < -0.4 is 5.32 Å². The van der Waals surface area contributed by atoms with Gasteiger partial charge in [0.05, 0.1) is 0 Å². The molecule has 3 nitrogen and oxygen atoms in total. The lowest BCUT2D eigenvalue weighted by atomic mass is 10.0. The van der Waals surface area contributed by atoms with Gasteiger partial charge in [0.15, 0.2) is 0 Å². The first-order chi connectivity index (χ1) is 11.8. The van der Waals surface area contributed by atoms with Gasteiger partial charge in [-0.05, 0) is 43.0 Å². The van der Waals surface area contributed by atoms with Gasteiger partial charge in [-0.1, -0.05) is 43.2 Å². The smallest absolute Gasteiger partial charge is 0.224 e. The van der Waals surface area contributed by atoms with Crippen molar-refractivity contribution in [1.29, 1.82) is 0 Å². The van der Waals surface area contributed by atoms with E-state index in [-0.39, 0.29) is 5.91 Å². The second-order valence-electron chi connectivity index (χ2n) is 6.75. The first-order valence-electron chi connectivity index (χ1n) is 8.76. The van der Waals surface area contributed by atoms with Gasteiger partial charge in [0.1, 0.15) is 0 Å². The van der Waals surface area contributed by atoms with Gasteiger partial charge in [0.2, 0.25) is 5.91 Å². The van der Waals surface area contributed by atoms with Gasteiger partial charge < -0.3 is 10.3 Å². The zero-order valence-electron chi connectivity index (χ0n) is 13.7. The lowest BCUT2D eigenvalue weighted by Gasteiger charge is -2.10. The zero-order chi connectivity index (χ0) is 16.4. The Labute approximate surface area is 142 Å². The molecule has 1 heterocycles. The zero-order valence-corrected chi connectivity index (χ0v) is 13.7. The average molecular weight is 318 g/mol. The third kappa shape index (κ3) is 3.21. The van der Waals surface area contributed by atoms with Gasteiger partial charge in [0.25, 0.3) is 0 Å². The van der Waals surface area contributed by atoms with Gasteiger partial charge in [0, 0.05) is 34.3 Å². The van der Waals surface area contributed by atoms with Crippen LogP contribution in [0.4, 0.5) is 5.69 Å². The van der Waals surface area contributed by atoms with Crippen LogP contribution in [0.1, 0.15) is 32.1 Å². The Morgan fingerprint density at radius 2 is 1.88 bits per heavy atom. The van der Waals surface area contributed by atoms with Crippen LogP contribution in [0.5, 0.6) is 0 Å². The van der Waals surface area contributed by atoms with Crippen LogP contribution in [0.3, 0.4) is 0 Å². The number of para-hydroxylation sites is 1. The highest BCUT2D eigenvalue weighted by Crippen LogP contribution is 2.29. The molecule has 2 aromatic carbocycles. The Morgan fingerprint density at radius 1 is 1.04 bits per heavy atom. The summed E-state index contributed by atoms with van der Waals surface area (Å²) in [6, 6.07) is 18.4. The van der Waals surface area contributed by atoms with E-state index >= 15 is 0 Å². The highest BCUT2D eigenvalue weighted by atomic mass is 16.1. The Bertz CT molecular complexity index is 826. The van der Waals surface area contributed by atoms with Gasteiger partial charge in [-0.3, -0.25) is 4.79 Å². The van der Waals surface area contributed by atoms with E-state index in [4.69, 9.17) is 0 Å². The van der Waals surface area contributed by atoms with Crippen LogP contribution in [-0.4, -0.2) is 10.9 Å². The number of anilines is 1. The summed E-state index contributed by atoms with van der Waals surface area (Å²) in [5.74, 6) is 0.706. The number of aromatic nitrogens is 1. The molecule has 1 fully saturated rings. The highest BCUT2D eigenvalue weighted by Gasteiger charge is 2.18. The minimum Gasteiger partial charge on any atom is -0.355 e. The summed E-state index contributed by atoms with van der Waals surface area (Å²) in [5.41, 5.74) is 4.16. The number of carbonyl (C=O) groups is 1. The molecule has 1 saturated carbocycles. The van der Waals surface area contributed by atoms with Crippen molar-refractivity contribution < 1.29 is 4.79 Å². The monoisotopic (exact) mass is 318 g/mol. The van der Waals surface area contributed by atoms with Gasteiger partial charge in [-0.2, -0.15) is 0 Å². The largest absolute Gasteiger partial charge is 0.355 e. The third-order valence-electron chi connectivity index (χ3n) is 4.94. The number of fused-ring (bicyclic) bond motifs is 1. The van der Waals surface area contributed by atoms with Crippen LogP contribution in [0.25, 0.3) is 22.2 Å². The number of hydrogen-bond donors (Lipinski definition) is 2. The molecule has 24 heavy (non-hydrogen) atoms. The number of amides is 1. The molecule has 1 amide bonds. The normalized spacial score (nSPS) is 15.0. The summed E-state index contributed by atoms with van der Waals surface area (Å²) < 4.78 is 0. The molecule has 0 bridgehead atoms. The molecule has 2 N–H and O–H groups in total. The molecule has 0 unspecified atom stereocenters. The van der Waals surface area contributed by atoms with E-state index in [2.05, 4.69) is 34.6 Å². The van der Waals surface area contributed by atoms with Gasteiger partial charge in [-0.25, -0.2) is 0 Å². The van der Waals surface area contributed by atoms with E-state index in [0.717, 1.165) is 22.5 Å². The number of rotatable bonds is 4. The van der Waals surface area contributed by atoms with E-state index in [1.54, 1.807) is 0 Å². The molecule has 122 valence electrons. The van der Waals surface area contributed by atoms with Crippen molar-refractivity contribution in [2.24, 2.45) is 5.92 Å². The lowest BCUT2D eigenvalue weighted by Crippen LogP contribution is -2.15. The molecule has 3 aromatic rings. The molecule has 0 radical (unpaired) electrons. The predicted octanol–water partition coefficient (Wildman–Crippen LogP) is 5.35. The summed E-state index contributed by atoms with van der Waals surface area (Å²) in [5, 5.41) is 4.26. The number of H-pyrrole nitrogens is 1. The van der Waals surface area contributed by atoms with Crippen LogP contribution in [0, 0.1) is 5.92 Å². The number of carbonyl (C=O) groups excluding carboxylic acids is 1. The summed E-state index contributed by atoms with van der Waals surface area (Å²) in [7, 11) is 0. The summed E-state index contributed by atoms with van der Waals surface area (Å²) in [6.45, 7) is 0. The van der Waals surface area contributed by atoms with E-state index in [0.29, 0.717) is 12.3 Å². The topological polar surface area (TPSA) is 44.9 Å². The first kappa shape index (κ1) is 15.0. The third-order valence-corrected chi connectivity index (χ3v) is 4.94. The minimum absolute atomic E-state index is 0.135. The fourth-order valence-corrected chi connectivity index (χ4v) is 3.68. The summed E-state index contributed by atoms with van der Waals surface area (Å²) in [4.78, 5) is 15.7. The number of aromatic amines is 1. The first-order valence-corrected chi connectivity index (χ1v) is 8.76. The number of nitrogens with one attached hydrogen (secondary N) is 2. The minimum atomic E-state index is 0.135. The number of hydrogen-bond acceptors (Lipinski definition) is 1. The fraction of sp³-hybridized carbons (Fsp3) is 0.286. The maximum absolute atomic E-state index is 12.2. The Hall–Kier alpha value is -2.55. The van der Waals surface area contributed by atoms with Crippen molar-refractivity contribution in [1.82, 2.24) is 4.98 Å². The Balaban J connectivity index is 1.51. The molecule has 1 aromatic heterocycles. The molecular weight excluding hydrogens is 296 g/mol. The van der Waals surface area contributed by atoms with E-state index in [1.807, 2.05) is 30.3 Å². The molecule has 4 rings (SSSR count). The van der Waals surface area contributed by atoms with Gasteiger partial charge >= 0.3 is 0 Å². The van der Waals surface area contributed by atoms with Crippen molar-refractivity contribution in [3.05, 3.63) is 54.6 Å². The van der Waals surface area contributed by atoms with Crippen molar-refractivity contribution >= 4 is 22.5 Å². The quantitative estimate of drug-likeness (QED) is 0.669. The van der Waals surface area contributed by atoms with Crippen LogP contribution >= 0.6 is 0 Å². The van der Waals surface area contributed by atoms with E-state index in [1.165, 1.54) is 31.1 Å². The standard InChI is InChI=1S/C21H22N2O/c24-21(12-15-6-1-2-7-15)22-18-10-5-9-16(13-18)20-14-17-8-3-4-11-19(17)23-20/h3-5,8-11,13-15,23H,1-2,6-7,12H2,(H,22,24). The van der Waals surface area contributed by atoms with Crippen molar-refractivity contribution in [3.63, 3.8) is 0 Å². The predicted molar refractivity (Wildman–Crippen MR) is 98.9 cm³/mol. The van der Waals surface area contributed by atoms with Crippen molar-refractivity contribution in [2.75, 3.05) is 5.32 Å². The van der Waals surface area contributed by atoms with Crippen LogP contribution in [0.15, 0.2) is 54.6 Å². The molecular formula is C21H22N2O. The molecule has 0 aliphatic heterocycles. The second kappa shape index (κ2) is 6.52. The SMILES string of the molecule is O=C(CC1CCCC1)Nc1cccc(-c2cc3ccccc3[nH]2)c1. The molecule has 1 aliphatic rings. The maximum atomic E-state index is 12.2.